The van der Waals surface area contributed by atoms with Crippen LogP contribution in [0.5, 0.6) is 0 Å². The second kappa shape index (κ2) is 4.88. The number of aromatic carboxylic acids is 1. The van der Waals surface area contributed by atoms with Gasteiger partial charge in [0.2, 0.25) is 0 Å². The van der Waals surface area contributed by atoms with Crippen LogP contribution in [0.15, 0.2) is 18.2 Å². The molecule has 0 spiro atoms. The predicted molar refractivity (Wildman–Crippen MR) is 73.1 cm³/mol. The van der Waals surface area contributed by atoms with Crippen molar-refractivity contribution >= 4 is 17.3 Å². The second-order valence-corrected chi connectivity index (χ2v) is 4.98. The molecule has 18 heavy (non-hydrogen) atoms. The van der Waals surface area contributed by atoms with E-state index >= 15 is 0 Å². The number of benzene rings is 1. The van der Waals surface area contributed by atoms with E-state index in [1.165, 1.54) is 0 Å². The molecular weight excluding hydrogens is 228 g/mol. The first-order valence-electron chi connectivity index (χ1n) is 6.45. The van der Waals surface area contributed by atoms with Crippen molar-refractivity contribution in [1.29, 1.82) is 0 Å². The topological polar surface area (TPSA) is 66.6 Å². The minimum absolute atomic E-state index is 0.344. The molecule has 1 saturated heterocycles. The van der Waals surface area contributed by atoms with Gasteiger partial charge >= 0.3 is 5.97 Å². The van der Waals surface area contributed by atoms with Gasteiger partial charge in [0.05, 0.1) is 11.3 Å². The summed E-state index contributed by atoms with van der Waals surface area (Å²) in [6.07, 6.45) is 3.25. The van der Waals surface area contributed by atoms with Crippen molar-refractivity contribution in [3.05, 3.63) is 23.8 Å². The van der Waals surface area contributed by atoms with Gasteiger partial charge in [-0.3, -0.25) is 0 Å². The van der Waals surface area contributed by atoms with Crippen molar-refractivity contribution in [2.75, 3.05) is 10.6 Å². The lowest BCUT2D eigenvalue weighted by atomic mass is 10.1. The predicted octanol–water partition coefficient (Wildman–Crippen LogP) is 2.73. The Balaban J connectivity index is 2.48. The average molecular weight is 248 g/mol. The molecule has 2 unspecified atom stereocenters. The highest BCUT2D eigenvalue weighted by molar-refractivity contribution is 5.95. The summed E-state index contributed by atoms with van der Waals surface area (Å²) in [4.78, 5) is 13.5. The van der Waals surface area contributed by atoms with Crippen LogP contribution in [-0.2, 0) is 0 Å². The fourth-order valence-electron chi connectivity index (χ4n) is 2.85. The number of carbonyl (C=O) groups is 1. The molecule has 0 aromatic heterocycles. The summed E-state index contributed by atoms with van der Waals surface area (Å²) in [6.45, 7) is 4.28. The molecule has 1 aromatic carbocycles. The second-order valence-electron chi connectivity index (χ2n) is 4.98. The number of hydrogen-bond acceptors (Lipinski definition) is 3. The fraction of sp³-hybridized carbons (Fsp3) is 0.500. The molecule has 0 aliphatic carbocycles. The van der Waals surface area contributed by atoms with E-state index in [4.69, 9.17) is 5.73 Å². The molecule has 1 aliphatic rings. The van der Waals surface area contributed by atoms with Crippen LogP contribution >= 0.6 is 0 Å². The van der Waals surface area contributed by atoms with E-state index in [-0.39, 0.29) is 0 Å². The molecule has 0 bridgehead atoms. The van der Waals surface area contributed by atoms with Crippen molar-refractivity contribution in [2.45, 2.75) is 45.2 Å². The maximum Gasteiger partial charge on any atom is 0.337 e. The lowest BCUT2D eigenvalue weighted by Crippen LogP contribution is -2.35. The summed E-state index contributed by atoms with van der Waals surface area (Å²) in [7, 11) is 0. The summed E-state index contributed by atoms with van der Waals surface area (Å²) < 4.78 is 0. The lowest BCUT2D eigenvalue weighted by molar-refractivity contribution is 0.0697. The third-order valence-corrected chi connectivity index (χ3v) is 3.79. The molecule has 2 rings (SSSR count). The highest BCUT2D eigenvalue weighted by atomic mass is 16.4. The lowest BCUT2D eigenvalue weighted by Gasteiger charge is -2.31. The zero-order chi connectivity index (χ0) is 13.3. The fourth-order valence-corrected chi connectivity index (χ4v) is 2.85. The molecule has 0 amide bonds. The van der Waals surface area contributed by atoms with Crippen LogP contribution in [0.2, 0.25) is 0 Å². The Morgan fingerprint density at radius 3 is 2.83 bits per heavy atom. The van der Waals surface area contributed by atoms with Gasteiger partial charge in [-0.25, -0.2) is 4.79 Å². The Morgan fingerprint density at radius 2 is 2.22 bits per heavy atom. The molecule has 3 N–H and O–H groups in total. The Hall–Kier alpha value is -1.71. The van der Waals surface area contributed by atoms with Gasteiger partial charge < -0.3 is 15.7 Å². The molecule has 2 atom stereocenters. The number of carboxylic acid groups (broad SMARTS) is 1. The summed E-state index contributed by atoms with van der Waals surface area (Å²) >= 11 is 0. The number of carboxylic acids is 1. The molecule has 1 aliphatic heterocycles. The van der Waals surface area contributed by atoms with E-state index in [1.54, 1.807) is 18.2 Å². The van der Waals surface area contributed by atoms with Gasteiger partial charge in [-0.1, -0.05) is 6.92 Å². The summed E-state index contributed by atoms with van der Waals surface area (Å²) in [5.41, 5.74) is 7.53. The molecule has 1 aromatic rings. The first-order chi connectivity index (χ1) is 8.54. The number of anilines is 2. The van der Waals surface area contributed by atoms with Gasteiger partial charge in [0.1, 0.15) is 0 Å². The third-order valence-electron chi connectivity index (χ3n) is 3.79. The largest absolute Gasteiger partial charge is 0.478 e. The molecule has 0 radical (unpaired) electrons. The number of nitrogens with two attached hydrogens (primary N) is 1. The summed E-state index contributed by atoms with van der Waals surface area (Å²) in [5.74, 6) is -0.890. The van der Waals surface area contributed by atoms with Gasteiger partial charge in [-0.05, 0) is 44.4 Å². The number of hydrogen-bond donors (Lipinski definition) is 2. The van der Waals surface area contributed by atoms with E-state index in [9.17, 15) is 9.90 Å². The standard InChI is InChI=1S/C14H20N2O2/c1-3-11-6-4-9(2)16(11)13-8-10(15)5-7-12(13)14(17)18/h5,7-9,11H,3-4,6,15H2,1-2H3,(H,17,18). The number of nitrogen functional groups attached to an aromatic ring is 1. The normalized spacial score (nSPS) is 23.3. The number of nitrogens with zero attached hydrogens (tertiary/aromatic N) is 1. The van der Waals surface area contributed by atoms with E-state index < -0.39 is 5.97 Å². The van der Waals surface area contributed by atoms with Crippen LogP contribution in [-0.4, -0.2) is 23.2 Å². The molecule has 4 heteroatoms. The van der Waals surface area contributed by atoms with Crippen LogP contribution < -0.4 is 10.6 Å². The van der Waals surface area contributed by atoms with E-state index in [2.05, 4.69) is 18.7 Å². The van der Waals surface area contributed by atoms with Crippen LogP contribution in [0.4, 0.5) is 11.4 Å². The average Bonchev–Trinajstić information content (AvgIpc) is 2.69. The molecule has 1 heterocycles. The molecule has 98 valence electrons. The van der Waals surface area contributed by atoms with Crippen molar-refractivity contribution in [1.82, 2.24) is 0 Å². The van der Waals surface area contributed by atoms with Crippen LogP contribution in [0.3, 0.4) is 0 Å². The zero-order valence-electron chi connectivity index (χ0n) is 10.9. The molecular formula is C14H20N2O2. The van der Waals surface area contributed by atoms with Crippen molar-refractivity contribution in [3.63, 3.8) is 0 Å². The molecule has 4 nitrogen and oxygen atoms in total. The quantitative estimate of drug-likeness (QED) is 0.807. The molecule has 0 saturated carbocycles. The molecule has 1 fully saturated rings. The van der Waals surface area contributed by atoms with Crippen LogP contribution in [0, 0.1) is 0 Å². The maximum absolute atomic E-state index is 11.3. The Bertz CT molecular complexity index is 459. The Morgan fingerprint density at radius 1 is 1.50 bits per heavy atom. The first-order valence-corrected chi connectivity index (χ1v) is 6.45. The first kappa shape index (κ1) is 12.7. The smallest absolute Gasteiger partial charge is 0.337 e. The van der Waals surface area contributed by atoms with Gasteiger partial charge in [-0.2, -0.15) is 0 Å². The van der Waals surface area contributed by atoms with Gasteiger partial charge in [0, 0.05) is 17.8 Å². The third kappa shape index (κ3) is 2.15. The van der Waals surface area contributed by atoms with Crippen molar-refractivity contribution in [2.24, 2.45) is 0 Å². The van der Waals surface area contributed by atoms with Gasteiger partial charge in [-0.15, -0.1) is 0 Å². The monoisotopic (exact) mass is 248 g/mol. The highest BCUT2D eigenvalue weighted by Gasteiger charge is 2.31. The Labute approximate surface area is 107 Å². The maximum atomic E-state index is 11.3. The SMILES string of the molecule is CCC1CCC(C)N1c1cc(N)ccc1C(=O)O. The van der Waals surface area contributed by atoms with E-state index in [1.807, 2.05) is 0 Å². The Kier molecular flexibility index (Phi) is 3.45. The zero-order valence-corrected chi connectivity index (χ0v) is 10.9. The summed E-state index contributed by atoms with van der Waals surface area (Å²) in [5, 5.41) is 9.29. The van der Waals surface area contributed by atoms with Crippen molar-refractivity contribution in [3.8, 4) is 0 Å². The van der Waals surface area contributed by atoms with Crippen LogP contribution in [0.1, 0.15) is 43.5 Å². The van der Waals surface area contributed by atoms with E-state index in [0.717, 1.165) is 24.9 Å². The van der Waals surface area contributed by atoms with E-state index in [0.29, 0.717) is 23.3 Å². The van der Waals surface area contributed by atoms with Gasteiger partial charge in [0.15, 0.2) is 0 Å². The van der Waals surface area contributed by atoms with Gasteiger partial charge in [0.25, 0.3) is 0 Å². The van der Waals surface area contributed by atoms with Crippen molar-refractivity contribution < 1.29 is 9.90 Å². The summed E-state index contributed by atoms with van der Waals surface area (Å²) in [6, 6.07) is 5.82. The van der Waals surface area contributed by atoms with Crippen LogP contribution in [0.25, 0.3) is 0 Å². The minimum atomic E-state index is -0.890. The minimum Gasteiger partial charge on any atom is -0.478 e. The highest BCUT2D eigenvalue weighted by Crippen LogP contribution is 2.35. The number of rotatable bonds is 3.